The Kier molecular flexibility index (Phi) is 8.26. The molecule has 4 nitrogen and oxygen atoms in total. The zero-order valence-corrected chi connectivity index (χ0v) is 15.2. The molecule has 0 aromatic heterocycles. The van der Waals surface area contributed by atoms with Crippen LogP contribution in [0.5, 0.6) is 0 Å². The molecule has 0 heterocycles. The van der Waals surface area contributed by atoms with Gasteiger partial charge in [-0.05, 0) is 43.1 Å². The van der Waals surface area contributed by atoms with E-state index in [1.165, 1.54) is 0 Å². The number of halogens is 1. The molecule has 1 aliphatic rings. The number of aliphatic carboxylic acids is 1. The van der Waals surface area contributed by atoms with Crippen molar-refractivity contribution in [1.29, 1.82) is 0 Å². The Morgan fingerprint density at radius 2 is 1.71 bits per heavy atom. The largest absolute Gasteiger partial charge is 0.480 e. The van der Waals surface area contributed by atoms with Crippen LogP contribution in [0, 0.1) is 17.8 Å². The van der Waals surface area contributed by atoms with Gasteiger partial charge in [0.05, 0.1) is 0 Å². The molecular weight excluding hydrogens is 326 g/mol. The van der Waals surface area contributed by atoms with Crippen molar-refractivity contribution in [3.05, 3.63) is 35.9 Å². The van der Waals surface area contributed by atoms with Crippen molar-refractivity contribution >= 4 is 24.3 Å². The molecule has 1 saturated carbocycles. The molecule has 1 aliphatic carbocycles. The van der Waals surface area contributed by atoms with Gasteiger partial charge in [-0.15, -0.1) is 12.4 Å². The maximum absolute atomic E-state index is 12.4. The lowest BCUT2D eigenvalue weighted by molar-refractivity contribution is -0.142. The standard InChI is InChI=1S/C19H27NO3.ClH/c1-13(2)15-8-10-16(11-9-15)18(21)20-17(19(22)23)12-14-6-4-3-5-7-14;/h3-7,13,15-17H,8-12H2,1-2H3,(H,20,21)(H,22,23);1H/t15?,16?,17-;/m1./s1. The minimum Gasteiger partial charge on any atom is -0.480 e. The summed E-state index contributed by atoms with van der Waals surface area (Å²) in [7, 11) is 0. The Labute approximate surface area is 150 Å². The summed E-state index contributed by atoms with van der Waals surface area (Å²) in [6, 6.07) is 8.57. The molecule has 1 atom stereocenters. The van der Waals surface area contributed by atoms with E-state index in [1.807, 2.05) is 30.3 Å². The van der Waals surface area contributed by atoms with Crippen LogP contribution in [0.1, 0.15) is 45.1 Å². The van der Waals surface area contributed by atoms with Gasteiger partial charge in [0.1, 0.15) is 6.04 Å². The van der Waals surface area contributed by atoms with Crippen molar-refractivity contribution in [2.45, 2.75) is 52.0 Å². The summed E-state index contributed by atoms with van der Waals surface area (Å²) in [5.41, 5.74) is 0.920. The molecule has 1 aromatic rings. The molecule has 0 saturated heterocycles. The van der Waals surface area contributed by atoms with E-state index in [2.05, 4.69) is 19.2 Å². The molecule has 24 heavy (non-hydrogen) atoms. The van der Waals surface area contributed by atoms with E-state index in [-0.39, 0.29) is 24.2 Å². The molecule has 1 amide bonds. The maximum atomic E-state index is 12.4. The van der Waals surface area contributed by atoms with Crippen molar-refractivity contribution < 1.29 is 14.7 Å². The van der Waals surface area contributed by atoms with Gasteiger partial charge < -0.3 is 10.4 Å². The van der Waals surface area contributed by atoms with Gasteiger partial charge in [-0.3, -0.25) is 4.79 Å². The van der Waals surface area contributed by atoms with Crippen LogP contribution in [-0.4, -0.2) is 23.0 Å². The van der Waals surface area contributed by atoms with E-state index in [4.69, 9.17) is 0 Å². The van der Waals surface area contributed by atoms with Crippen molar-refractivity contribution in [3.8, 4) is 0 Å². The Morgan fingerprint density at radius 1 is 1.12 bits per heavy atom. The van der Waals surface area contributed by atoms with E-state index >= 15 is 0 Å². The molecule has 0 aliphatic heterocycles. The van der Waals surface area contributed by atoms with Crippen molar-refractivity contribution in [2.75, 3.05) is 0 Å². The summed E-state index contributed by atoms with van der Waals surface area (Å²) in [6.07, 6.45) is 4.18. The first-order valence-electron chi connectivity index (χ1n) is 8.54. The van der Waals surface area contributed by atoms with Crippen LogP contribution in [-0.2, 0) is 16.0 Å². The molecule has 1 aromatic carbocycles. The second kappa shape index (κ2) is 9.67. The molecule has 0 bridgehead atoms. The Morgan fingerprint density at radius 3 is 2.21 bits per heavy atom. The number of rotatable bonds is 6. The van der Waals surface area contributed by atoms with Gasteiger partial charge in [0.25, 0.3) is 0 Å². The van der Waals surface area contributed by atoms with Crippen molar-refractivity contribution in [1.82, 2.24) is 5.32 Å². The van der Waals surface area contributed by atoms with Gasteiger partial charge in [-0.1, -0.05) is 44.2 Å². The normalized spacial score (nSPS) is 21.6. The molecule has 2 N–H and O–H groups in total. The smallest absolute Gasteiger partial charge is 0.326 e. The third-order valence-electron chi connectivity index (χ3n) is 4.98. The number of carbonyl (C=O) groups excluding carboxylic acids is 1. The number of carboxylic acid groups (broad SMARTS) is 1. The third-order valence-corrected chi connectivity index (χ3v) is 4.98. The fourth-order valence-electron chi connectivity index (χ4n) is 3.39. The summed E-state index contributed by atoms with van der Waals surface area (Å²) < 4.78 is 0. The van der Waals surface area contributed by atoms with Crippen LogP contribution >= 0.6 is 12.4 Å². The van der Waals surface area contributed by atoms with E-state index in [1.54, 1.807) is 0 Å². The molecule has 5 heteroatoms. The fourth-order valence-corrected chi connectivity index (χ4v) is 3.39. The Hall–Kier alpha value is -1.55. The molecule has 2 rings (SSSR count). The van der Waals surface area contributed by atoms with Gasteiger partial charge >= 0.3 is 5.97 Å². The number of benzene rings is 1. The van der Waals surface area contributed by atoms with Crippen LogP contribution in [0.4, 0.5) is 0 Å². The lowest BCUT2D eigenvalue weighted by Gasteiger charge is -2.30. The Bertz CT molecular complexity index is 525. The lowest BCUT2D eigenvalue weighted by Crippen LogP contribution is -2.45. The van der Waals surface area contributed by atoms with Gasteiger partial charge in [0.15, 0.2) is 0 Å². The fraction of sp³-hybridized carbons (Fsp3) is 0.579. The first kappa shape index (κ1) is 20.5. The highest BCUT2D eigenvalue weighted by Crippen LogP contribution is 2.33. The molecule has 1 fully saturated rings. The summed E-state index contributed by atoms with van der Waals surface area (Å²) in [6.45, 7) is 4.46. The Balaban J connectivity index is 0.00000288. The summed E-state index contributed by atoms with van der Waals surface area (Å²) in [4.78, 5) is 23.9. The average Bonchev–Trinajstić information content (AvgIpc) is 2.55. The van der Waals surface area contributed by atoms with E-state index in [9.17, 15) is 14.7 Å². The quantitative estimate of drug-likeness (QED) is 0.819. The number of hydrogen-bond acceptors (Lipinski definition) is 2. The van der Waals surface area contributed by atoms with Crippen LogP contribution < -0.4 is 5.32 Å². The summed E-state index contributed by atoms with van der Waals surface area (Å²) >= 11 is 0. The molecule has 0 radical (unpaired) electrons. The van der Waals surface area contributed by atoms with Gasteiger partial charge in [-0.25, -0.2) is 4.79 Å². The maximum Gasteiger partial charge on any atom is 0.326 e. The number of carbonyl (C=O) groups is 2. The van der Waals surface area contributed by atoms with E-state index in [0.29, 0.717) is 18.3 Å². The molecule has 0 spiro atoms. The summed E-state index contributed by atoms with van der Waals surface area (Å²) in [5.74, 6) is 0.235. The van der Waals surface area contributed by atoms with Gasteiger partial charge in [0, 0.05) is 12.3 Å². The van der Waals surface area contributed by atoms with Crippen molar-refractivity contribution in [3.63, 3.8) is 0 Å². The van der Waals surface area contributed by atoms with E-state index in [0.717, 1.165) is 31.2 Å². The predicted molar refractivity (Wildman–Crippen MR) is 97.2 cm³/mol. The van der Waals surface area contributed by atoms with Crippen molar-refractivity contribution in [2.24, 2.45) is 17.8 Å². The highest BCUT2D eigenvalue weighted by atomic mass is 35.5. The molecule has 0 unspecified atom stereocenters. The zero-order chi connectivity index (χ0) is 16.8. The topological polar surface area (TPSA) is 66.4 Å². The minimum absolute atomic E-state index is 0. The number of amides is 1. The summed E-state index contributed by atoms with van der Waals surface area (Å²) in [5, 5.41) is 12.1. The number of hydrogen-bond donors (Lipinski definition) is 2. The third kappa shape index (κ3) is 5.82. The van der Waals surface area contributed by atoms with Gasteiger partial charge in [-0.2, -0.15) is 0 Å². The molecular formula is C19H28ClNO3. The second-order valence-corrected chi connectivity index (χ2v) is 6.94. The van der Waals surface area contributed by atoms with Crippen LogP contribution in [0.25, 0.3) is 0 Å². The first-order chi connectivity index (χ1) is 11.0. The second-order valence-electron chi connectivity index (χ2n) is 6.94. The SMILES string of the molecule is CC(C)C1CCC(C(=O)N[C@H](Cc2ccccc2)C(=O)O)CC1.Cl. The zero-order valence-electron chi connectivity index (χ0n) is 14.4. The van der Waals surface area contributed by atoms with Gasteiger partial charge in [0.2, 0.25) is 5.91 Å². The number of carboxylic acids is 1. The highest BCUT2D eigenvalue weighted by molar-refractivity contribution is 5.85. The van der Waals surface area contributed by atoms with Crippen LogP contribution in [0.3, 0.4) is 0 Å². The highest BCUT2D eigenvalue weighted by Gasteiger charge is 2.30. The average molecular weight is 354 g/mol. The minimum atomic E-state index is -0.974. The lowest BCUT2D eigenvalue weighted by atomic mass is 9.76. The predicted octanol–water partition coefficient (Wildman–Crippen LogP) is 3.68. The monoisotopic (exact) mass is 353 g/mol. The van der Waals surface area contributed by atoms with E-state index < -0.39 is 12.0 Å². The van der Waals surface area contributed by atoms with Crippen LogP contribution in [0.15, 0.2) is 30.3 Å². The number of nitrogens with one attached hydrogen (secondary N) is 1. The molecule has 134 valence electrons. The first-order valence-corrected chi connectivity index (χ1v) is 8.54. The van der Waals surface area contributed by atoms with Crippen LogP contribution in [0.2, 0.25) is 0 Å².